The number of aryl methyl sites for hydroxylation is 1. The molecule has 3 rings (SSSR count). The highest BCUT2D eigenvalue weighted by atomic mass is 16.5. The normalized spacial score (nSPS) is 10.6. The summed E-state index contributed by atoms with van der Waals surface area (Å²) in [5, 5.41) is 14.8. The molecular weight excluding hydrogens is 390 g/mol. The van der Waals surface area contributed by atoms with Crippen LogP contribution in [0.2, 0.25) is 0 Å². The van der Waals surface area contributed by atoms with Gasteiger partial charge >= 0.3 is 0 Å². The van der Waals surface area contributed by atoms with Gasteiger partial charge in [0.15, 0.2) is 6.61 Å². The third kappa shape index (κ3) is 6.58. The first kappa shape index (κ1) is 21.3. The minimum Gasteiger partial charge on any atom is -0.484 e. The number of carbonyl (C=O) groups is 2. The lowest BCUT2D eigenvalue weighted by Gasteiger charge is -2.08. The van der Waals surface area contributed by atoms with E-state index >= 15 is 0 Å². The van der Waals surface area contributed by atoms with E-state index in [4.69, 9.17) is 4.74 Å². The van der Waals surface area contributed by atoms with Crippen LogP contribution < -0.4 is 15.4 Å². The van der Waals surface area contributed by atoms with Crippen molar-refractivity contribution in [1.82, 2.24) is 0 Å². The van der Waals surface area contributed by atoms with Crippen LogP contribution in [0.5, 0.6) is 5.75 Å². The molecule has 0 aromatic heterocycles. The molecule has 3 aromatic rings. The largest absolute Gasteiger partial charge is 0.484 e. The molecule has 0 saturated carbocycles. The van der Waals surface area contributed by atoms with E-state index in [1.807, 2.05) is 43.3 Å². The maximum atomic E-state index is 12.4. The zero-order valence-electron chi connectivity index (χ0n) is 17.0. The molecule has 0 bridgehead atoms. The summed E-state index contributed by atoms with van der Waals surface area (Å²) in [6.07, 6.45) is 1.47. The van der Waals surface area contributed by atoms with Gasteiger partial charge in [-0.25, -0.2) is 0 Å². The van der Waals surface area contributed by atoms with Crippen LogP contribution in [0, 0.1) is 18.3 Å². The van der Waals surface area contributed by atoms with Crippen molar-refractivity contribution in [2.45, 2.75) is 6.92 Å². The van der Waals surface area contributed by atoms with E-state index < -0.39 is 5.91 Å². The molecule has 6 nitrogen and oxygen atoms in total. The number of rotatable bonds is 7. The number of hydrogen-bond acceptors (Lipinski definition) is 4. The van der Waals surface area contributed by atoms with Gasteiger partial charge in [0.05, 0.1) is 0 Å². The Bertz CT molecular complexity index is 1130. The molecule has 154 valence electrons. The fraction of sp³-hybridized carbons (Fsp3) is 0.0800. The summed E-state index contributed by atoms with van der Waals surface area (Å²) in [7, 11) is 0. The SMILES string of the molecule is Cc1ccc(NC(=O)COc2cccc(/C=C(/C#N)C(=O)Nc3ccccc3)c2)cc1. The van der Waals surface area contributed by atoms with Crippen molar-refractivity contribution < 1.29 is 14.3 Å². The zero-order chi connectivity index (χ0) is 22.1. The fourth-order valence-corrected chi connectivity index (χ4v) is 2.71. The smallest absolute Gasteiger partial charge is 0.266 e. The summed E-state index contributed by atoms with van der Waals surface area (Å²) in [4.78, 5) is 24.5. The van der Waals surface area contributed by atoms with Crippen molar-refractivity contribution in [3.8, 4) is 11.8 Å². The number of carbonyl (C=O) groups excluding carboxylic acids is 2. The molecule has 0 fully saturated rings. The van der Waals surface area contributed by atoms with Gasteiger partial charge in [-0.2, -0.15) is 5.26 Å². The molecule has 31 heavy (non-hydrogen) atoms. The van der Waals surface area contributed by atoms with Gasteiger partial charge in [-0.3, -0.25) is 9.59 Å². The Morgan fingerprint density at radius 1 is 0.935 bits per heavy atom. The van der Waals surface area contributed by atoms with Crippen molar-refractivity contribution in [3.05, 3.63) is 95.6 Å². The first-order valence-electron chi connectivity index (χ1n) is 9.61. The molecule has 0 atom stereocenters. The fourth-order valence-electron chi connectivity index (χ4n) is 2.71. The summed E-state index contributed by atoms with van der Waals surface area (Å²) in [5.41, 5.74) is 2.96. The van der Waals surface area contributed by atoms with Gasteiger partial charge in [0.2, 0.25) is 0 Å². The summed E-state index contributed by atoms with van der Waals surface area (Å²) in [6, 6.07) is 25.1. The number of anilines is 2. The predicted octanol–water partition coefficient (Wildman–Crippen LogP) is 4.56. The highest BCUT2D eigenvalue weighted by Crippen LogP contribution is 2.17. The summed E-state index contributed by atoms with van der Waals surface area (Å²) < 4.78 is 5.55. The molecule has 0 heterocycles. The van der Waals surface area contributed by atoms with E-state index in [0.29, 0.717) is 22.7 Å². The molecule has 0 radical (unpaired) electrons. The number of hydrogen-bond donors (Lipinski definition) is 2. The second kappa shape index (κ2) is 10.4. The quantitative estimate of drug-likeness (QED) is 0.440. The lowest BCUT2D eigenvalue weighted by atomic mass is 10.1. The standard InChI is InChI=1S/C25H21N3O3/c1-18-10-12-22(13-11-18)27-24(29)17-31-23-9-5-6-19(15-23)14-20(16-26)25(30)28-21-7-3-2-4-8-21/h2-15H,17H2,1H3,(H,27,29)(H,28,30)/b20-14-. The first-order valence-corrected chi connectivity index (χ1v) is 9.61. The Balaban J connectivity index is 1.61. The second-order valence-corrected chi connectivity index (χ2v) is 6.77. The number of nitrogens with one attached hydrogen (secondary N) is 2. The predicted molar refractivity (Wildman–Crippen MR) is 120 cm³/mol. The molecule has 0 spiro atoms. The number of amides is 2. The zero-order valence-corrected chi connectivity index (χ0v) is 17.0. The maximum absolute atomic E-state index is 12.4. The van der Waals surface area contributed by atoms with Gasteiger partial charge in [-0.1, -0.05) is 48.0 Å². The summed E-state index contributed by atoms with van der Waals surface area (Å²) in [5.74, 6) is -0.337. The third-order valence-electron chi connectivity index (χ3n) is 4.27. The number of nitriles is 1. The number of ether oxygens (including phenoxy) is 1. The van der Waals surface area contributed by atoms with Gasteiger partial charge in [-0.15, -0.1) is 0 Å². The molecule has 0 aliphatic heterocycles. The van der Waals surface area contributed by atoms with Crippen molar-refractivity contribution in [3.63, 3.8) is 0 Å². The van der Waals surface area contributed by atoms with Crippen LogP contribution in [0.25, 0.3) is 6.08 Å². The summed E-state index contributed by atoms with van der Waals surface area (Å²) >= 11 is 0. The average molecular weight is 411 g/mol. The molecule has 6 heteroatoms. The Kier molecular flexibility index (Phi) is 7.17. The molecule has 0 aliphatic rings. The minimum absolute atomic E-state index is 0.0434. The van der Waals surface area contributed by atoms with Crippen molar-refractivity contribution in [2.75, 3.05) is 17.2 Å². The van der Waals surface area contributed by atoms with Crippen molar-refractivity contribution in [1.29, 1.82) is 5.26 Å². The Hall–Kier alpha value is -4.37. The highest BCUT2D eigenvalue weighted by Gasteiger charge is 2.10. The molecule has 0 aliphatic carbocycles. The van der Waals surface area contributed by atoms with Crippen LogP contribution in [0.3, 0.4) is 0 Å². The van der Waals surface area contributed by atoms with E-state index in [9.17, 15) is 14.9 Å². The molecule has 2 amide bonds. The van der Waals surface area contributed by atoms with Crippen LogP contribution in [-0.4, -0.2) is 18.4 Å². The Morgan fingerprint density at radius 2 is 1.65 bits per heavy atom. The van der Waals surface area contributed by atoms with Gasteiger partial charge in [0.1, 0.15) is 17.4 Å². The topological polar surface area (TPSA) is 91.2 Å². The van der Waals surface area contributed by atoms with Crippen LogP contribution in [0.1, 0.15) is 11.1 Å². The lowest BCUT2D eigenvalue weighted by Crippen LogP contribution is -2.20. The van der Waals surface area contributed by atoms with Gasteiger partial charge in [0, 0.05) is 11.4 Å². The molecule has 3 aromatic carbocycles. The molecule has 0 saturated heterocycles. The highest BCUT2D eigenvalue weighted by molar-refractivity contribution is 6.09. The van der Waals surface area contributed by atoms with Gasteiger partial charge in [-0.05, 0) is 55.0 Å². The van der Waals surface area contributed by atoms with Crippen LogP contribution >= 0.6 is 0 Å². The van der Waals surface area contributed by atoms with Crippen LogP contribution in [0.15, 0.2) is 84.4 Å². The van der Waals surface area contributed by atoms with Gasteiger partial charge in [0.25, 0.3) is 11.8 Å². The van der Waals surface area contributed by atoms with Gasteiger partial charge < -0.3 is 15.4 Å². The van der Waals surface area contributed by atoms with Crippen molar-refractivity contribution >= 4 is 29.3 Å². The van der Waals surface area contributed by atoms with E-state index in [1.165, 1.54) is 6.08 Å². The van der Waals surface area contributed by atoms with E-state index in [0.717, 1.165) is 5.56 Å². The number of para-hydroxylation sites is 1. The molecule has 2 N–H and O–H groups in total. The first-order chi connectivity index (χ1) is 15.0. The van der Waals surface area contributed by atoms with Crippen LogP contribution in [-0.2, 0) is 9.59 Å². The van der Waals surface area contributed by atoms with E-state index in [2.05, 4.69) is 10.6 Å². The monoisotopic (exact) mass is 411 g/mol. The van der Waals surface area contributed by atoms with Crippen LogP contribution in [0.4, 0.5) is 11.4 Å². The second-order valence-electron chi connectivity index (χ2n) is 6.77. The van der Waals surface area contributed by atoms with E-state index in [-0.39, 0.29) is 18.1 Å². The number of benzene rings is 3. The molecule has 0 unspecified atom stereocenters. The third-order valence-corrected chi connectivity index (χ3v) is 4.27. The molecular formula is C25H21N3O3. The summed E-state index contributed by atoms with van der Waals surface area (Å²) in [6.45, 7) is 1.81. The minimum atomic E-state index is -0.502. The lowest BCUT2D eigenvalue weighted by molar-refractivity contribution is -0.118. The average Bonchev–Trinajstić information content (AvgIpc) is 2.78. The Morgan fingerprint density at radius 3 is 2.35 bits per heavy atom. The maximum Gasteiger partial charge on any atom is 0.266 e. The van der Waals surface area contributed by atoms with Crippen molar-refractivity contribution in [2.24, 2.45) is 0 Å². The van der Waals surface area contributed by atoms with E-state index in [1.54, 1.807) is 48.5 Å². The number of nitrogens with zero attached hydrogens (tertiary/aromatic N) is 1. The Labute approximate surface area is 180 Å².